The van der Waals surface area contributed by atoms with Crippen molar-refractivity contribution in [3.63, 3.8) is 0 Å². The van der Waals surface area contributed by atoms with Gasteiger partial charge in [0, 0.05) is 26.7 Å². The second-order valence-electron chi connectivity index (χ2n) is 19.0. The van der Waals surface area contributed by atoms with Crippen LogP contribution >= 0.6 is 11.3 Å². The fourth-order valence-electron chi connectivity index (χ4n) is 13.7. The molecule has 0 N–H and O–H groups in total. The molecule has 0 radical (unpaired) electrons. The van der Waals surface area contributed by atoms with Crippen molar-refractivity contribution < 1.29 is 0 Å². The van der Waals surface area contributed by atoms with Crippen LogP contribution in [0.2, 0.25) is 0 Å². The number of benzene rings is 11. The third-order valence-corrected chi connectivity index (χ3v) is 17.3. The van der Waals surface area contributed by atoms with Crippen LogP contribution in [-0.2, 0) is 10.8 Å². The summed E-state index contributed by atoms with van der Waals surface area (Å²) in [5.74, 6) is 0. The van der Waals surface area contributed by atoms with Gasteiger partial charge in [-0.15, -0.1) is 11.3 Å². The minimum absolute atomic E-state index is 0.468. The van der Waals surface area contributed by atoms with E-state index in [4.69, 9.17) is 0 Å². The Hall–Kier alpha value is -8.30. The summed E-state index contributed by atoms with van der Waals surface area (Å²) < 4.78 is 2.58. The zero-order valence-corrected chi connectivity index (χ0v) is 37.7. The zero-order chi connectivity index (χ0) is 44.3. The molecule has 12 aromatic rings. The van der Waals surface area contributed by atoms with E-state index in [-0.39, 0.29) is 0 Å². The van der Waals surface area contributed by atoms with Crippen LogP contribution in [0.1, 0.15) is 44.5 Å². The van der Waals surface area contributed by atoms with Gasteiger partial charge in [-0.2, -0.15) is 0 Å². The van der Waals surface area contributed by atoms with Crippen molar-refractivity contribution in [2.75, 3.05) is 4.90 Å². The number of fused-ring (bicyclic) bond motifs is 25. The lowest BCUT2D eigenvalue weighted by molar-refractivity contribution is 0.793. The highest BCUT2D eigenvalue weighted by Gasteiger charge is 2.54. The molecule has 11 aromatic carbocycles. The number of rotatable bonds is 3. The van der Waals surface area contributed by atoms with Gasteiger partial charge in [-0.05, 0) is 125 Å². The van der Waals surface area contributed by atoms with E-state index in [9.17, 15) is 0 Å². The van der Waals surface area contributed by atoms with Gasteiger partial charge in [-0.25, -0.2) is 0 Å². The van der Waals surface area contributed by atoms with E-state index in [0.717, 1.165) is 5.69 Å². The van der Waals surface area contributed by atoms with Gasteiger partial charge in [-0.1, -0.05) is 206 Å². The molecule has 2 spiro atoms. The summed E-state index contributed by atoms with van der Waals surface area (Å²) in [4.78, 5) is 2.63. The highest BCUT2D eigenvalue weighted by molar-refractivity contribution is 7.26. The van der Waals surface area contributed by atoms with Crippen molar-refractivity contribution in [1.82, 2.24) is 0 Å². The summed E-state index contributed by atoms with van der Waals surface area (Å²) in [6, 6.07) is 89.9. The molecule has 0 saturated carbocycles. The molecule has 0 amide bonds. The van der Waals surface area contributed by atoms with Gasteiger partial charge in [0.05, 0.1) is 26.9 Å². The van der Waals surface area contributed by atoms with Crippen LogP contribution < -0.4 is 4.90 Å². The molecule has 314 valence electrons. The van der Waals surface area contributed by atoms with Crippen LogP contribution in [0.5, 0.6) is 0 Å². The summed E-state index contributed by atoms with van der Waals surface area (Å²) in [7, 11) is 0. The first-order chi connectivity index (χ1) is 33.8. The lowest BCUT2D eigenvalue weighted by Crippen LogP contribution is -2.26. The smallest absolute Gasteiger partial charge is 0.0726 e. The summed E-state index contributed by atoms with van der Waals surface area (Å²) in [5, 5.41) is 5.18. The largest absolute Gasteiger partial charge is 0.308 e. The molecule has 0 bridgehead atoms. The lowest BCUT2D eigenvalue weighted by atomic mass is 9.70. The van der Waals surface area contributed by atoms with Crippen LogP contribution in [0.25, 0.3) is 75.5 Å². The van der Waals surface area contributed by atoms with E-state index in [1.165, 1.54) is 131 Å². The zero-order valence-electron chi connectivity index (χ0n) is 36.9. The van der Waals surface area contributed by atoms with E-state index in [2.05, 4.69) is 241 Å². The van der Waals surface area contributed by atoms with Crippen molar-refractivity contribution in [3.8, 4) is 44.5 Å². The predicted molar refractivity (Wildman–Crippen MR) is 284 cm³/mol. The Kier molecular flexibility index (Phi) is 7.15. The topological polar surface area (TPSA) is 3.24 Å². The number of anilines is 3. The SMILES string of the molecule is c1ccc2c(c1)-c1ccccc1C21c2ccccc2-c2ccc(N(c3cccc4c3-c3ccccc3C43c4ccccc4-c4ccccc43)c3cccc4c3sc3ccc5ccccc5c34)cc21. The third-order valence-electron chi connectivity index (χ3n) is 16.1. The van der Waals surface area contributed by atoms with E-state index in [1.54, 1.807) is 0 Å². The van der Waals surface area contributed by atoms with Gasteiger partial charge in [-0.3, -0.25) is 0 Å². The fourth-order valence-corrected chi connectivity index (χ4v) is 14.9. The van der Waals surface area contributed by atoms with Crippen LogP contribution in [-0.4, -0.2) is 0 Å². The molecule has 0 aliphatic heterocycles. The van der Waals surface area contributed by atoms with Gasteiger partial charge in [0.15, 0.2) is 0 Å². The Labute approximate surface area is 398 Å². The van der Waals surface area contributed by atoms with Crippen molar-refractivity contribution in [1.29, 1.82) is 0 Å². The molecule has 1 nitrogen and oxygen atoms in total. The molecular weight excluding hydrogens is 839 g/mol. The van der Waals surface area contributed by atoms with Crippen LogP contribution in [0.15, 0.2) is 237 Å². The maximum atomic E-state index is 2.63. The van der Waals surface area contributed by atoms with Gasteiger partial charge in [0.25, 0.3) is 0 Å². The van der Waals surface area contributed by atoms with E-state index in [0.29, 0.717) is 0 Å². The van der Waals surface area contributed by atoms with Gasteiger partial charge in [0.1, 0.15) is 0 Å². The van der Waals surface area contributed by atoms with Crippen molar-refractivity contribution in [3.05, 3.63) is 281 Å². The van der Waals surface area contributed by atoms with Gasteiger partial charge < -0.3 is 4.90 Å². The third kappa shape index (κ3) is 4.34. The first kappa shape index (κ1) is 36.9. The highest BCUT2D eigenvalue weighted by atomic mass is 32.1. The molecule has 1 aromatic heterocycles. The molecule has 1 heterocycles. The Balaban J connectivity index is 1.03. The van der Waals surface area contributed by atoms with Crippen molar-refractivity contribution in [2.45, 2.75) is 10.8 Å². The maximum absolute atomic E-state index is 2.63. The molecule has 0 fully saturated rings. The van der Waals surface area contributed by atoms with Crippen LogP contribution in [0.4, 0.5) is 17.1 Å². The monoisotopic (exact) mass is 877 g/mol. The first-order valence-corrected chi connectivity index (χ1v) is 24.6. The number of hydrogen-bond acceptors (Lipinski definition) is 2. The normalized spacial score (nSPS) is 14.4. The van der Waals surface area contributed by atoms with Crippen molar-refractivity contribution in [2.24, 2.45) is 0 Å². The molecule has 0 saturated heterocycles. The van der Waals surface area contributed by atoms with E-state index >= 15 is 0 Å². The minimum Gasteiger partial charge on any atom is -0.308 e. The molecule has 0 atom stereocenters. The molecule has 68 heavy (non-hydrogen) atoms. The Bertz CT molecular complexity index is 4080. The Morgan fingerprint density at radius 3 is 1.35 bits per heavy atom. The summed E-state index contributed by atoms with van der Waals surface area (Å²) in [6.45, 7) is 0. The fraction of sp³-hybridized carbons (Fsp3) is 0.0303. The molecule has 4 aliphatic rings. The summed E-state index contributed by atoms with van der Waals surface area (Å²) >= 11 is 1.91. The number of nitrogens with zero attached hydrogens (tertiary/aromatic N) is 1. The van der Waals surface area contributed by atoms with Crippen LogP contribution in [0.3, 0.4) is 0 Å². The summed E-state index contributed by atoms with van der Waals surface area (Å²) in [5.41, 5.74) is 23.8. The second kappa shape index (κ2) is 13.2. The molecular formula is C66H39NS. The first-order valence-electron chi connectivity index (χ1n) is 23.8. The number of thiophene rings is 1. The highest BCUT2D eigenvalue weighted by Crippen LogP contribution is 2.67. The van der Waals surface area contributed by atoms with E-state index < -0.39 is 10.8 Å². The Morgan fingerprint density at radius 1 is 0.309 bits per heavy atom. The lowest BCUT2D eigenvalue weighted by Gasteiger charge is -2.33. The standard InChI is InChI=1S/C66H39NS/c1-2-18-42-40(17-1)35-38-61-62(42)50-25-15-34-60(64(50)68-61)67(41-36-37-48-47-23-7-13-30-55(47)66(58(48)39-41)53-28-11-5-21-45(53)46-22-6-12-29-54(46)66)59-33-16-32-57-63(59)49-24-8-14-31-56(49)65(57)51-26-9-3-19-43(51)44-20-4-10-27-52(44)65/h1-39H. The maximum Gasteiger partial charge on any atom is 0.0726 e. The Morgan fingerprint density at radius 2 is 0.750 bits per heavy atom. The number of hydrogen-bond donors (Lipinski definition) is 0. The predicted octanol–water partition coefficient (Wildman–Crippen LogP) is 17.4. The second-order valence-corrected chi connectivity index (χ2v) is 20.0. The molecule has 2 heteroatoms. The summed E-state index contributed by atoms with van der Waals surface area (Å²) in [6.07, 6.45) is 0. The molecule has 0 unspecified atom stereocenters. The van der Waals surface area contributed by atoms with Gasteiger partial charge >= 0.3 is 0 Å². The van der Waals surface area contributed by atoms with E-state index in [1.807, 2.05) is 11.3 Å². The van der Waals surface area contributed by atoms with Crippen molar-refractivity contribution >= 4 is 59.3 Å². The molecule has 16 rings (SSSR count). The van der Waals surface area contributed by atoms with Gasteiger partial charge in [0.2, 0.25) is 0 Å². The van der Waals surface area contributed by atoms with Crippen LogP contribution in [0, 0.1) is 0 Å². The average Bonchev–Trinajstić information content (AvgIpc) is 4.18. The quantitative estimate of drug-likeness (QED) is 0.171. The minimum atomic E-state index is -0.476. The molecule has 4 aliphatic carbocycles. The average molecular weight is 878 g/mol.